The summed E-state index contributed by atoms with van der Waals surface area (Å²) in [6.07, 6.45) is 1.72. The molecule has 3 heterocycles. The van der Waals surface area contributed by atoms with Gasteiger partial charge in [0.05, 0.1) is 11.6 Å². The van der Waals surface area contributed by atoms with Crippen LogP contribution in [0.5, 0.6) is 0 Å². The van der Waals surface area contributed by atoms with E-state index in [0.29, 0.717) is 17.4 Å². The van der Waals surface area contributed by atoms with Crippen LogP contribution in [0.4, 0.5) is 5.95 Å². The summed E-state index contributed by atoms with van der Waals surface area (Å²) in [5, 5.41) is 11.9. The van der Waals surface area contributed by atoms with Crippen LogP contribution in [0, 0.1) is 0 Å². The predicted molar refractivity (Wildman–Crippen MR) is 81.1 cm³/mol. The lowest BCUT2D eigenvalue weighted by Gasteiger charge is -2.04. The zero-order chi connectivity index (χ0) is 14.2. The average Bonchev–Trinajstić information content (AvgIpc) is 3.12. The third kappa shape index (κ3) is 1.92. The van der Waals surface area contributed by atoms with E-state index in [9.17, 15) is 0 Å². The van der Waals surface area contributed by atoms with Crippen molar-refractivity contribution in [3.05, 3.63) is 36.5 Å². The van der Waals surface area contributed by atoms with Gasteiger partial charge in [0, 0.05) is 11.9 Å². The lowest BCUT2D eigenvalue weighted by molar-refractivity contribution is 0.629. The molecule has 4 rings (SSSR count). The molecule has 0 saturated carbocycles. The number of nitrogens with one attached hydrogen (secondary N) is 2. The molecular formula is C15H13N5O. The van der Waals surface area contributed by atoms with Crippen molar-refractivity contribution in [1.29, 1.82) is 0 Å². The zero-order valence-electron chi connectivity index (χ0n) is 11.4. The molecule has 0 bridgehead atoms. The van der Waals surface area contributed by atoms with Crippen LogP contribution in [0.1, 0.15) is 6.92 Å². The van der Waals surface area contributed by atoms with Crippen molar-refractivity contribution in [1.82, 2.24) is 20.2 Å². The van der Waals surface area contributed by atoms with Gasteiger partial charge in [-0.25, -0.2) is 4.98 Å². The standard InChI is InChI=1S/C15H13N5O/c1-2-16-15-18-13(10-8-17-20-14(10)19-15)12-7-9-5-3-4-6-11(9)21-12/h3-8H,2H2,1H3,(H2,16,17,18,19,20). The normalized spacial score (nSPS) is 11.3. The average molecular weight is 279 g/mol. The van der Waals surface area contributed by atoms with E-state index in [-0.39, 0.29) is 0 Å². The molecule has 0 aliphatic heterocycles. The van der Waals surface area contributed by atoms with Crippen LogP contribution in [0.2, 0.25) is 0 Å². The summed E-state index contributed by atoms with van der Waals surface area (Å²) < 4.78 is 5.90. The number of anilines is 1. The van der Waals surface area contributed by atoms with Gasteiger partial charge in [0.2, 0.25) is 5.95 Å². The number of nitrogens with zero attached hydrogens (tertiary/aromatic N) is 3. The van der Waals surface area contributed by atoms with E-state index in [1.54, 1.807) is 6.20 Å². The Hall–Kier alpha value is -2.89. The minimum Gasteiger partial charge on any atom is -0.454 e. The van der Waals surface area contributed by atoms with Crippen molar-refractivity contribution in [2.45, 2.75) is 6.92 Å². The third-order valence-corrected chi connectivity index (χ3v) is 3.30. The molecule has 1 aromatic carbocycles. The second-order valence-electron chi connectivity index (χ2n) is 4.71. The Morgan fingerprint density at radius 3 is 3.00 bits per heavy atom. The number of aromatic amines is 1. The molecule has 0 atom stereocenters. The lowest BCUT2D eigenvalue weighted by Crippen LogP contribution is -2.03. The molecule has 4 aromatic rings. The first kappa shape index (κ1) is 11.9. The van der Waals surface area contributed by atoms with E-state index in [4.69, 9.17) is 4.42 Å². The summed E-state index contributed by atoms with van der Waals surface area (Å²) in [5.74, 6) is 1.27. The number of H-pyrrole nitrogens is 1. The Kier molecular flexibility index (Phi) is 2.60. The van der Waals surface area contributed by atoms with Crippen LogP contribution < -0.4 is 5.32 Å². The highest BCUT2D eigenvalue weighted by atomic mass is 16.3. The van der Waals surface area contributed by atoms with Gasteiger partial charge in [-0.3, -0.25) is 5.10 Å². The van der Waals surface area contributed by atoms with Crippen molar-refractivity contribution in [3.63, 3.8) is 0 Å². The van der Waals surface area contributed by atoms with Crippen LogP contribution in [-0.2, 0) is 0 Å². The molecule has 0 fully saturated rings. The minimum absolute atomic E-state index is 0.560. The number of hydrogen-bond donors (Lipinski definition) is 2. The molecule has 0 unspecified atom stereocenters. The lowest BCUT2D eigenvalue weighted by atomic mass is 10.2. The van der Waals surface area contributed by atoms with E-state index in [2.05, 4.69) is 25.5 Å². The van der Waals surface area contributed by atoms with Gasteiger partial charge in [-0.05, 0) is 19.1 Å². The van der Waals surface area contributed by atoms with Crippen LogP contribution in [-0.4, -0.2) is 26.7 Å². The van der Waals surface area contributed by atoms with Gasteiger partial charge in [-0.15, -0.1) is 0 Å². The molecule has 21 heavy (non-hydrogen) atoms. The predicted octanol–water partition coefficient (Wildman–Crippen LogP) is 3.20. The number of furan rings is 1. The van der Waals surface area contributed by atoms with Gasteiger partial charge in [0.25, 0.3) is 0 Å². The molecular weight excluding hydrogens is 266 g/mol. The van der Waals surface area contributed by atoms with Crippen LogP contribution in [0.15, 0.2) is 40.9 Å². The highest BCUT2D eigenvalue weighted by Gasteiger charge is 2.15. The van der Waals surface area contributed by atoms with Crippen molar-refractivity contribution in [2.24, 2.45) is 0 Å². The van der Waals surface area contributed by atoms with E-state index < -0.39 is 0 Å². The molecule has 6 heteroatoms. The van der Waals surface area contributed by atoms with Gasteiger partial charge in [0.15, 0.2) is 11.4 Å². The Balaban J connectivity index is 1.97. The van der Waals surface area contributed by atoms with E-state index in [1.165, 1.54) is 0 Å². The van der Waals surface area contributed by atoms with Crippen molar-refractivity contribution in [2.75, 3.05) is 11.9 Å². The molecule has 0 saturated heterocycles. The van der Waals surface area contributed by atoms with E-state index in [0.717, 1.165) is 28.6 Å². The second-order valence-corrected chi connectivity index (χ2v) is 4.71. The number of aromatic nitrogens is 4. The number of para-hydroxylation sites is 1. The molecule has 0 spiro atoms. The molecule has 3 aromatic heterocycles. The summed E-state index contributed by atoms with van der Waals surface area (Å²) in [6, 6.07) is 9.88. The molecule has 0 amide bonds. The van der Waals surface area contributed by atoms with E-state index >= 15 is 0 Å². The number of fused-ring (bicyclic) bond motifs is 2. The van der Waals surface area contributed by atoms with Gasteiger partial charge in [-0.1, -0.05) is 18.2 Å². The van der Waals surface area contributed by atoms with Crippen LogP contribution in [0.3, 0.4) is 0 Å². The molecule has 0 aliphatic rings. The summed E-state index contributed by atoms with van der Waals surface area (Å²) >= 11 is 0. The quantitative estimate of drug-likeness (QED) is 0.602. The maximum atomic E-state index is 5.90. The first-order valence-electron chi connectivity index (χ1n) is 6.79. The Morgan fingerprint density at radius 2 is 2.14 bits per heavy atom. The monoisotopic (exact) mass is 279 g/mol. The van der Waals surface area contributed by atoms with Gasteiger partial charge in [-0.2, -0.15) is 10.1 Å². The fourth-order valence-corrected chi connectivity index (χ4v) is 2.36. The highest BCUT2D eigenvalue weighted by molar-refractivity contribution is 5.92. The fourth-order valence-electron chi connectivity index (χ4n) is 2.36. The number of rotatable bonds is 3. The largest absolute Gasteiger partial charge is 0.454 e. The molecule has 0 aliphatic carbocycles. The zero-order valence-corrected chi connectivity index (χ0v) is 11.4. The second kappa shape index (κ2) is 4.59. The van der Waals surface area contributed by atoms with Crippen molar-refractivity contribution >= 4 is 28.0 Å². The van der Waals surface area contributed by atoms with Gasteiger partial charge >= 0.3 is 0 Å². The molecule has 0 radical (unpaired) electrons. The Labute approximate surface area is 120 Å². The van der Waals surface area contributed by atoms with Gasteiger partial charge in [0.1, 0.15) is 11.3 Å². The smallest absolute Gasteiger partial charge is 0.225 e. The first-order chi connectivity index (χ1) is 10.3. The minimum atomic E-state index is 0.560. The van der Waals surface area contributed by atoms with Crippen molar-refractivity contribution in [3.8, 4) is 11.5 Å². The summed E-state index contributed by atoms with van der Waals surface area (Å²) in [4.78, 5) is 8.94. The first-order valence-corrected chi connectivity index (χ1v) is 6.79. The molecule has 6 nitrogen and oxygen atoms in total. The highest BCUT2D eigenvalue weighted by Crippen LogP contribution is 2.31. The maximum absolute atomic E-state index is 5.90. The SMILES string of the molecule is CCNc1nc(-c2cc3ccccc3o2)c2cn[nH]c2n1. The summed E-state index contributed by atoms with van der Waals surface area (Å²) in [6.45, 7) is 2.75. The van der Waals surface area contributed by atoms with Crippen LogP contribution in [0.25, 0.3) is 33.5 Å². The number of hydrogen-bond acceptors (Lipinski definition) is 5. The third-order valence-electron chi connectivity index (χ3n) is 3.30. The van der Waals surface area contributed by atoms with Crippen molar-refractivity contribution < 1.29 is 4.42 Å². The Morgan fingerprint density at radius 1 is 1.24 bits per heavy atom. The van der Waals surface area contributed by atoms with Gasteiger partial charge < -0.3 is 9.73 Å². The van der Waals surface area contributed by atoms with E-state index in [1.807, 2.05) is 37.3 Å². The number of benzene rings is 1. The topological polar surface area (TPSA) is 79.6 Å². The summed E-state index contributed by atoms with van der Waals surface area (Å²) in [7, 11) is 0. The molecule has 104 valence electrons. The summed E-state index contributed by atoms with van der Waals surface area (Å²) in [5.41, 5.74) is 2.27. The fraction of sp³-hybridized carbons (Fsp3) is 0.133. The molecule has 2 N–H and O–H groups in total. The maximum Gasteiger partial charge on any atom is 0.225 e. The van der Waals surface area contributed by atoms with Crippen LogP contribution >= 0.6 is 0 Å². The Bertz CT molecular complexity index is 891.